The molecule has 0 aliphatic heterocycles. The Kier molecular flexibility index (Phi) is 6.01. The highest BCUT2D eigenvalue weighted by atomic mass is 16.5. The zero-order valence-corrected chi connectivity index (χ0v) is 17.5. The predicted molar refractivity (Wildman–Crippen MR) is 110 cm³/mol. The Hall–Kier alpha value is -3.15. The van der Waals surface area contributed by atoms with E-state index in [0.29, 0.717) is 35.9 Å². The van der Waals surface area contributed by atoms with E-state index in [4.69, 9.17) is 13.9 Å². The fourth-order valence-electron chi connectivity index (χ4n) is 2.91. The number of Topliss-reactive ketones (excluding diaryl/α,β-unsaturated/α-hetero) is 1. The third-order valence-electron chi connectivity index (χ3n) is 4.26. The maximum Gasteiger partial charge on any atom is 0.226 e. The molecule has 0 aliphatic carbocycles. The number of methoxy groups -OCH3 is 1. The first kappa shape index (κ1) is 20.6. The summed E-state index contributed by atoms with van der Waals surface area (Å²) in [5, 5.41) is 0. The molecule has 0 saturated heterocycles. The summed E-state index contributed by atoms with van der Waals surface area (Å²) in [5.41, 5.74) is 2.52. The topological polar surface area (TPSA) is 74.5 Å². The Morgan fingerprint density at radius 1 is 1.17 bits per heavy atom. The number of aryl methyl sites for hydroxylation is 2. The van der Waals surface area contributed by atoms with Gasteiger partial charge in [0.25, 0.3) is 0 Å². The summed E-state index contributed by atoms with van der Waals surface area (Å²) < 4.78 is 17.0. The molecule has 1 aromatic carbocycles. The Balaban J connectivity index is 1.73. The molecule has 29 heavy (non-hydrogen) atoms. The van der Waals surface area contributed by atoms with Crippen LogP contribution in [-0.4, -0.2) is 28.5 Å². The molecule has 0 atom stereocenters. The number of oxazole rings is 1. The minimum Gasteiger partial charge on any atom is -0.493 e. The highest BCUT2D eigenvalue weighted by Gasteiger charge is 2.18. The van der Waals surface area contributed by atoms with Crippen LogP contribution >= 0.6 is 0 Å². The largest absolute Gasteiger partial charge is 0.493 e. The Labute approximate surface area is 170 Å². The fourth-order valence-corrected chi connectivity index (χ4v) is 2.91. The number of carbonyl (C=O) groups is 1. The summed E-state index contributed by atoms with van der Waals surface area (Å²) in [6.45, 7) is 7.81. The standard InChI is InChI=1S/C23H26N2O4/c1-15-7-6-12-24-21(15)18(26)10-9-17-14-28-22(25-17)16-8-11-19(27-5)20(13-16)29-23(2,3)4/h6-8,11-14H,9-10H2,1-5H3. The van der Waals surface area contributed by atoms with Crippen LogP contribution in [0.15, 0.2) is 47.2 Å². The molecule has 2 aromatic heterocycles. The van der Waals surface area contributed by atoms with Gasteiger partial charge in [0.15, 0.2) is 17.3 Å². The second-order valence-corrected chi connectivity index (χ2v) is 7.82. The van der Waals surface area contributed by atoms with Crippen molar-refractivity contribution in [3.05, 3.63) is 59.7 Å². The van der Waals surface area contributed by atoms with Crippen molar-refractivity contribution in [2.75, 3.05) is 7.11 Å². The van der Waals surface area contributed by atoms with Crippen LogP contribution in [0.5, 0.6) is 11.5 Å². The van der Waals surface area contributed by atoms with E-state index in [1.807, 2.05) is 58.0 Å². The summed E-state index contributed by atoms with van der Waals surface area (Å²) >= 11 is 0. The van der Waals surface area contributed by atoms with Crippen LogP contribution < -0.4 is 9.47 Å². The van der Waals surface area contributed by atoms with Gasteiger partial charge in [0.05, 0.1) is 12.8 Å². The number of hydrogen-bond donors (Lipinski definition) is 0. The van der Waals surface area contributed by atoms with E-state index in [9.17, 15) is 4.79 Å². The zero-order chi connectivity index (χ0) is 21.0. The molecule has 0 aliphatic rings. The van der Waals surface area contributed by atoms with Gasteiger partial charge in [-0.15, -0.1) is 0 Å². The van der Waals surface area contributed by atoms with E-state index in [0.717, 1.165) is 16.8 Å². The van der Waals surface area contributed by atoms with E-state index < -0.39 is 0 Å². The smallest absolute Gasteiger partial charge is 0.226 e. The summed E-state index contributed by atoms with van der Waals surface area (Å²) in [7, 11) is 1.61. The van der Waals surface area contributed by atoms with Gasteiger partial charge in [-0.2, -0.15) is 0 Å². The zero-order valence-electron chi connectivity index (χ0n) is 17.5. The second-order valence-electron chi connectivity index (χ2n) is 7.82. The molecule has 0 radical (unpaired) electrons. The van der Waals surface area contributed by atoms with Crippen LogP contribution in [0.25, 0.3) is 11.5 Å². The van der Waals surface area contributed by atoms with Crippen molar-refractivity contribution < 1.29 is 18.7 Å². The van der Waals surface area contributed by atoms with Gasteiger partial charge in [0, 0.05) is 24.6 Å². The molecule has 6 heteroatoms. The average molecular weight is 394 g/mol. The summed E-state index contributed by atoms with van der Waals surface area (Å²) in [6, 6.07) is 9.25. The average Bonchev–Trinajstić information content (AvgIpc) is 3.14. The summed E-state index contributed by atoms with van der Waals surface area (Å²) in [5.74, 6) is 1.74. The van der Waals surface area contributed by atoms with E-state index >= 15 is 0 Å². The highest BCUT2D eigenvalue weighted by molar-refractivity contribution is 5.95. The van der Waals surface area contributed by atoms with Gasteiger partial charge < -0.3 is 13.9 Å². The van der Waals surface area contributed by atoms with Gasteiger partial charge >= 0.3 is 0 Å². The van der Waals surface area contributed by atoms with Crippen LogP contribution in [0.4, 0.5) is 0 Å². The van der Waals surface area contributed by atoms with Crippen LogP contribution in [0.2, 0.25) is 0 Å². The lowest BCUT2D eigenvalue weighted by Crippen LogP contribution is -2.23. The van der Waals surface area contributed by atoms with E-state index in [-0.39, 0.29) is 11.4 Å². The molecule has 0 amide bonds. The van der Waals surface area contributed by atoms with Crippen molar-refractivity contribution in [3.63, 3.8) is 0 Å². The Morgan fingerprint density at radius 2 is 1.97 bits per heavy atom. The lowest BCUT2D eigenvalue weighted by molar-refractivity contribution is 0.0977. The van der Waals surface area contributed by atoms with E-state index in [1.54, 1.807) is 19.6 Å². The predicted octanol–water partition coefficient (Wildman–Crippen LogP) is 5.05. The van der Waals surface area contributed by atoms with Crippen LogP contribution in [0.1, 0.15) is 48.9 Å². The Morgan fingerprint density at radius 3 is 2.66 bits per heavy atom. The number of benzene rings is 1. The monoisotopic (exact) mass is 394 g/mol. The first-order chi connectivity index (χ1) is 13.8. The molecule has 0 spiro atoms. The molecule has 0 unspecified atom stereocenters. The summed E-state index contributed by atoms with van der Waals surface area (Å²) in [6.07, 6.45) is 4.03. The Bertz CT molecular complexity index is 1000. The molecule has 3 rings (SSSR count). The second kappa shape index (κ2) is 8.47. The van der Waals surface area contributed by atoms with Crippen molar-refractivity contribution >= 4 is 5.78 Å². The van der Waals surface area contributed by atoms with Crippen molar-refractivity contribution in [1.29, 1.82) is 0 Å². The molecule has 0 fully saturated rings. The SMILES string of the molecule is COc1ccc(-c2nc(CCC(=O)c3ncccc3C)co2)cc1OC(C)(C)C. The molecule has 0 saturated carbocycles. The van der Waals surface area contributed by atoms with Gasteiger partial charge in [-0.3, -0.25) is 9.78 Å². The molecular formula is C23H26N2O4. The van der Waals surface area contributed by atoms with Gasteiger partial charge in [0.1, 0.15) is 17.6 Å². The van der Waals surface area contributed by atoms with E-state index in [2.05, 4.69) is 9.97 Å². The number of carbonyl (C=O) groups excluding carboxylic acids is 1. The van der Waals surface area contributed by atoms with Crippen LogP contribution in [-0.2, 0) is 6.42 Å². The number of ketones is 1. The quantitative estimate of drug-likeness (QED) is 0.522. The van der Waals surface area contributed by atoms with Crippen molar-refractivity contribution in [1.82, 2.24) is 9.97 Å². The third-order valence-corrected chi connectivity index (χ3v) is 4.26. The molecule has 0 N–H and O–H groups in total. The molecule has 152 valence electrons. The van der Waals surface area contributed by atoms with Crippen molar-refractivity contribution in [2.45, 2.75) is 46.1 Å². The number of nitrogens with zero attached hydrogens (tertiary/aromatic N) is 2. The van der Waals surface area contributed by atoms with Gasteiger partial charge in [-0.05, 0) is 57.5 Å². The number of pyridine rings is 1. The normalized spacial score (nSPS) is 11.3. The first-order valence-electron chi connectivity index (χ1n) is 9.53. The lowest BCUT2D eigenvalue weighted by Gasteiger charge is -2.23. The lowest BCUT2D eigenvalue weighted by atomic mass is 10.1. The maximum atomic E-state index is 12.4. The number of ether oxygens (including phenoxy) is 2. The number of hydrogen-bond acceptors (Lipinski definition) is 6. The minimum atomic E-state index is -0.363. The molecule has 2 heterocycles. The minimum absolute atomic E-state index is 0.00189. The number of aromatic nitrogens is 2. The van der Waals surface area contributed by atoms with E-state index in [1.165, 1.54) is 0 Å². The highest BCUT2D eigenvalue weighted by Crippen LogP contribution is 2.34. The van der Waals surface area contributed by atoms with Crippen LogP contribution in [0.3, 0.4) is 0 Å². The maximum absolute atomic E-state index is 12.4. The van der Waals surface area contributed by atoms with Crippen molar-refractivity contribution in [2.24, 2.45) is 0 Å². The first-order valence-corrected chi connectivity index (χ1v) is 9.53. The number of rotatable bonds is 7. The van der Waals surface area contributed by atoms with Crippen LogP contribution in [0, 0.1) is 6.92 Å². The molecule has 3 aromatic rings. The fraction of sp³-hybridized carbons (Fsp3) is 0.348. The summed E-state index contributed by atoms with van der Waals surface area (Å²) in [4.78, 5) is 21.1. The van der Waals surface area contributed by atoms with Gasteiger partial charge in [-0.25, -0.2) is 4.98 Å². The van der Waals surface area contributed by atoms with Gasteiger partial charge in [-0.1, -0.05) is 6.07 Å². The third kappa shape index (κ3) is 5.22. The molecule has 6 nitrogen and oxygen atoms in total. The molecular weight excluding hydrogens is 368 g/mol. The van der Waals surface area contributed by atoms with Crippen molar-refractivity contribution in [3.8, 4) is 23.0 Å². The van der Waals surface area contributed by atoms with Gasteiger partial charge in [0.2, 0.25) is 5.89 Å². The molecule has 0 bridgehead atoms.